The van der Waals surface area contributed by atoms with E-state index in [-0.39, 0.29) is 12.3 Å². The number of hydrogen-bond donors (Lipinski definition) is 3. The van der Waals surface area contributed by atoms with E-state index in [1.165, 1.54) is 16.8 Å². The molecule has 0 radical (unpaired) electrons. The van der Waals surface area contributed by atoms with Crippen LogP contribution >= 0.6 is 0 Å². The highest BCUT2D eigenvalue weighted by Gasteiger charge is 2.46. The number of aromatic amines is 1. The number of hydrogen-bond acceptors (Lipinski definition) is 5. The Hall–Kier alpha value is -3.20. The number of aliphatic carboxylic acids is 1. The first-order chi connectivity index (χ1) is 14.4. The minimum atomic E-state index is -1.09. The number of aryl methyl sites for hydroxylation is 1. The zero-order chi connectivity index (χ0) is 21.6. The van der Waals surface area contributed by atoms with Crippen LogP contribution in [0, 0.1) is 5.41 Å². The van der Waals surface area contributed by atoms with Gasteiger partial charge in [-0.3, -0.25) is 24.3 Å². The monoisotopic (exact) mass is 414 g/mol. The Morgan fingerprint density at radius 1 is 1.17 bits per heavy atom. The normalized spacial score (nSPS) is 18.9. The third-order valence-corrected chi connectivity index (χ3v) is 5.43. The highest BCUT2D eigenvalue weighted by molar-refractivity contribution is 5.85. The Bertz CT molecular complexity index is 1000. The van der Waals surface area contributed by atoms with Gasteiger partial charge in [0.1, 0.15) is 0 Å². The van der Waals surface area contributed by atoms with Crippen molar-refractivity contribution < 1.29 is 14.7 Å². The Morgan fingerprint density at radius 2 is 1.93 bits per heavy atom. The first kappa shape index (κ1) is 21.5. The molecule has 3 rings (SSSR count). The Kier molecular flexibility index (Phi) is 6.83. The van der Waals surface area contributed by atoms with Crippen LogP contribution in [0.15, 0.2) is 52.2 Å². The Balaban J connectivity index is 1.49. The van der Waals surface area contributed by atoms with Gasteiger partial charge in [0.15, 0.2) is 0 Å². The van der Waals surface area contributed by atoms with Crippen LogP contribution in [0.25, 0.3) is 0 Å². The lowest BCUT2D eigenvalue weighted by atomic mass is 9.83. The van der Waals surface area contributed by atoms with Gasteiger partial charge in [0.25, 0.3) is 5.56 Å². The highest BCUT2D eigenvalue weighted by atomic mass is 16.4. The summed E-state index contributed by atoms with van der Waals surface area (Å²) >= 11 is 0. The molecule has 1 unspecified atom stereocenters. The predicted octanol–water partition coefficient (Wildman–Crippen LogP) is 0.410. The van der Waals surface area contributed by atoms with E-state index >= 15 is 0 Å². The number of H-pyrrole nitrogens is 1. The lowest BCUT2D eigenvalue weighted by Crippen LogP contribution is -2.40. The van der Waals surface area contributed by atoms with Gasteiger partial charge in [-0.1, -0.05) is 30.3 Å². The summed E-state index contributed by atoms with van der Waals surface area (Å²) in [6.45, 7) is 2.27. The summed E-state index contributed by atoms with van der Waals surface area (Å²) in [7, 11) is 0. The summed E-state index contributed by atoms with van der Waals surface area (Å²) in [5.74, 6) is -1.26. The van der Waals surface area contributed by atoms with Gasteiger partial charge in [-0.05, 0) is 24.9 Å². The number of rotatable bonds is 9. The quantitative estimate of drug-likeness (QED) is 0.511. The molecule has 30 heavy (non-hydrogen) atoms. The molecule has 0 saturated carbocycles. The molecule has 2 aromatic rings. The number of amides is 1. The largest absolute Gasteiger partial charge is 0.481 e. The summed E-state index contributed by atoms with van der Waals surface area (Å²) in [5.41, 5.74) is -0.931. The van der Waals surface area contributed by atoms with Crippen molar-refractivity contribution in [2.75, 3.05) is 19.6 Å². The average molecular weight is 414 g/mol. The maximum Gasteiger partial charge on any atom is 0.328 e. The van der Waals surface area contributed by atoms with Crippen LogP contribution in [-0.2, 0) is 22.7 Å². The molecule has 1 saturated heterocycles. The predicted molar refractivity (Wildman–Crippen MR) is 110 cm³/mol. The lowest BCUT2D eigenvalue weighted by Gasteiger charge is -2.24. The van der Waals surface area contributed by atoms with E-state index in [1.807, 2.05) is 30.3 Å². The number of nitrogens with zero attached hydrogens (tertiary/aromatic N) is 2. The van der Waals surface area contributed by atoms with Crippen LogP contribution in [0.5, 0.6) is 0 Å². The average Bonchev–Trinajstić information content (AvgIpc) is 3.11. The summed E-state index contributed by atoms with van der Waals surface area (Å²) in [5, 5.41) is 12.5. The third-order valence-electron chi connectivity index (χ3n) is 5.43. The van der Waals surface area contributed by atoms with Crippen molar-refractivity contribution in [2.45, 2.75) is 32.4 Å². The lowest BCUT2D eigenvalue weighted by molar-refractivity contribution is -0.151. The standard InChI is InChI=1S/C21H26N4O5/c26-17-7-11-25(20(30)23-17)10-4-9-22-18(27)13-21(19(28)29)8-12-24(15-21)14-16-5-2-1-3-6-16/h1-3,5-7,11H,4,8-10,12-15H2,(H,22,27)(H,28,29)(H,23,26,30). The molecule has 9 nitrogen and oxygen atoms in total. The van der Waals surface area contributed by atoms with Crippen LogP contribution in [-0.4, -0.2) is 51.1 Å². The van der Waals surface area contributed by atoms with Crippen LogP contribution in [0.2, 0.25) is 0 Å². The molecule has 1 aliphatic rings. The van der Waals surface area contributed by atoms with Crippen molar-refractivity contribution in [1.29, 1.82) is 0 Å². The maximum atomic E-state index is 12.4. The molecule has 1 fully saturated rings. The summed E-state index contributed by atoms with van der Waals surface area (Å²) in [6.07, 6.45) is 2.24. The van der Waals surface area contributed by atoms with Crippen molar-refractivity contribution in [3.63, 3.8) is 0 Å². The molecule has 3 N–H and O–H groups in total. The van der Waals surface area contributed by atoms with E-state index in [1.54, 1.807) is 0 Å². The second kappa shape index (κ2) is 9.53. The SMILES string of the molecule is O=C(CC1(C(=O)O)CCN(Cc2ccccc2)C1)NCCCn1ccc(=O)[nH]c1=O. The van der Waals surface area contributed by atoms with Gasteiger partial charge in [-0.2, -0.15) is 0 Å². The minimum absolute atomic E-state index is 0.0772. The second-order valence-electron chi connectivity index (χ2n) is 7.72. The first-order valence-corrected chi connectivity index (χ1v) is 9.94. The molecule has 1 atom stereocenters. The molecule has 0 spiro atoms. The summed E-state index contributed by atoms with van der Waals surface area (Å²) in [6, 6.07) is 11.1. The van der Waals surface area contributed by atoms with E-state index < -0.39 is 22.6 Å². The van der Waals surface area contributed by atoms with E-state index in [0.717, 1.165) is 5.56 Å². The number of carbonyl (C=O) groups excluding carboxylic acids is 1. The third kappa shape index (κ3) is 5.44. The van der Waals surface area contributed by atoms with Crippen molar-refractivity contribution in [3.05, 3.63) is 69.0 Å². The van der Waals surface area contributed by atoms with E-state index in [2.05, 4.69) is 15.2 Å². The van der Waals surface area contributed by atoms with Crippen molar-refractivity contribution >= 4 is 11.9 Å². The van der Waals surface area contributed by atoms with Crippen molar-refractivity contribution in [2.24, 2.45) is 5.41 Å². The fourth-order valence-corrected chi connectivity index (χ4v) is 3.80. The number of carboxylic acid groups (broad SMARTS) is 1. The van der Waals surface area contributed by atoms with Gasteiger partial charge in [0.2, 0.25) is 5.91 Å². The van der Waals surface area contributed by atoms with Crippen LogP contribution < -0.4 is 16.6 Å². The minimum Gasteiger partial charge on any atom is -0.481 e. The fourth-order valence-electron chi connectivity index (χ4n) is 3.80. The maximum absolute atomic E-state index is 12.4. The van der Waals surface area contributed by atoms with Crippen molar-refractivity contribution in [3.8, 4) is 0 Å². The molecule has 0 bridgehead atoms. The van der Waals surface area contributed by atoms with Gasteiger partial charge >= 0.3 is 11.7 Å². The fraction of sp³-hybridized carbons (Fsp3) is 0.429. The van der Waals surface area contributed by atoms with E-state index in [4.69, 9.17) is 0 Å². The topological polar surface area (TPSA) is 124 Å². The summed E-state index contributed by atoms with van der Waals surface area (Å²) < 4.78 is 1.35. The number of nitrogens with one attached hydrogen (secondary N) is 2. The molecule has 1 aromatic carbocycles. The van der Waals surface area contributed by atoms with Crippen LogP contribution in [0.1, 0.15) is 24.8 Å². The zero-order valence-corrected chi connectivity index (χ0v) is 16.7. The number of carbonyl (C=O) groups is 2. The number of likely N-dealkylation sites (tertiary alicyclic amines) is 1. The molecule has 9 heteroatoms. The molecular weight excluding hydrogens is 388 g/mol. The molecule has 1 aromatic heterocycles. The number of carboxylic acids is 1. The molecule has 2 heterocycles. The van der Waals surface area contributed by atoms with Gasteiger partial charge in [0, 0.05) is 44.9 Å². The molecule has 160 valence electrons. The molecular formula is C21H26N4O5. The zero-order valence-electron chi connectivity index (χ0n) is 16.7. The smallest absolute Gasteiger partial charge is 0.328 e. The number of aromatic nitrogens is 2. The Morgan fingerprint density at radius 3 is 2.63 bits per heavy atom. The van der Waals surface area contributed by atoms with Gasteiger partial charge in [-0.15, -0.1) is 0 Å². The highest BCUT2D eigenvalue weighted by Crippen LogP contribution is 2.35. The molecule has 1 aliphatic heterocycles. The van der Waals surface area contributed by atoms with E-state index in [0.29, 0.717) is 45.6 Å². The second-order valence-corrected chi connectivity index (χ2v) is 7.72. The molecule has 1 amide bonds. The molecule has 0 aliphatic carbocycles. The van der Waals surface area contributed by atoms with Gasteiger partial charge in [-0.25, -0.2) is 4.79 Å². The summed E-state index contributed by atoms with van der Waals surface area (Å²) in [4.78, 5) is 51.3. The Labute approximate surface area is 173 Å². The van der Waals surface area contributed by atoms with Gasteiger partial charge in [0.05, 0.1) is 5.41 Å². The number of benzene rings is 1. The van der Waals surface area contributed by atoms with Crippen LogP contribution in [0.3, 0.4) is 0 Å². The van der Waals surface area contributed by atoms with Crippen molar-refractivity contribution in [1.82, 2.24) is 19.8 Å². The van der Waals surface area contributed by atoms with Crippen LogP contribution in [0.4, 0.5) is 0 Å². The van der Waals surface area contributed by atoms with Gasteiger partial charge < -0.3 is 15.0 Å². The first-order valence-electron chi connectivity index (χ1n) is 9.94. The van der Waals surface area contributed by atoms with E-state index in [9.17, 15) is 24.3 Å².